The Bertz CT molecular complexity index is 581. The van der Waals surface area contributed by atoms with E-state index in [4.69, 9.17) is 0 Å². The lowest BCUT2D eigenvalue weighted by atomic mass is 9.94. The fourth-order valence-corrected chi connectivity index (χ4v) is 3.08. The molecule has 25 heavy (non-hydrogen) atoms. The summed E-state index contributed by atoms with van der Waals surface area (Å²) in [5, 5.41) is 18.8. The number of halogens is 1. The molecule has 0 fully saturated rings. The van der Waals surface area contributed by atoms with Gasteiger partial charge in [-0.25, -0.2) is 0 Å². The van der Waals surface area contributed by atoms with Gasteiger partial charge in [0.1, 0.15) is 0 Å². The maximum absolute atomic E-state index is 9.42. The van der Waals surface area contributed by atoms with Gasteiger partial charge in [0.25, 0.3) is 0 Å². The molecule has 0 saturated heterocycles. The second kappa shape index (κ2) is 11.3. The van der Waals surface area contributed by atoms with Gasteiger partial charge in [-0.05, 0) is 29.0 Å². The number of aliphatic hydroxyl groups excluding tert-OH is 2. The maximum Gasteiger partial charge on any atom is 0.0558 e. The van der Waals surface area contributed by atoms with Gasteiger partial charge in [-0.2, -0.15) is 0 Å². The second-order valence-corrected chi connectivity index (χ2v) is 6.51. The highest BCUT2D eigenvalue weighted by molar-refractivity contribution is 5.85. The molecule has 4 heteroatoms. The van der Waals surface area contributed by atoms with E-state index in [1.165, 1.54) is 16.7 Å². The van der Waals surface area contributed by atoms with Crippen LogP contribution in [0.3, 0.4) is 0 Å². The smallest absolute Gasteiger partial charge is 0.0558 e. The Morgan fingerprint density at radius 3 is 1.80 bits per heavy atom. The maximum atomic E-state index is 9.42. The first-order valence-corrected chi connectivity index (χ1v) is 8.75. The van der Waals surface area contributed by atoms with E-state index < -0.39 is 0 Å². The van der Waals surface area contributed by atoms with E-state index in [0.717, 1.165) is 6.42 Å². The summed E-state index contributed by atoms with van der Waals surface area (Å²) in [5.74, 6) is 0.512. The third-order valence-electron chi connectivity index (χ3n) is 4.47. The molecule has 0 amide bonds. The van der Waals surface area contributed by atoms with Crippen LogP contribution in [0.5, 0.6) is 0 Å². The van der Waals surface area contributed by atoms with Gasteiger partial charge in [0.15, 0.2) is 0 Å². The second-order valence-electron chi connectivity index (χ2n) is 6.51. The standard InChI is InChI=1S/C21H29NO2.ClH/c1-17(2)19-8-10-20(11-9-19)21(22(12-14-23)13-15-24)16-18-6-4-3-5-7-18;/h3-11,17,21,23-24H,12-16H2,1-2H3;1H. The Kier molecular flexibility index (Phi) is 9.76. The first-order chi connectivity index (χ1) is 11.7. The number of rotatable bonds is 9. The molecule has 0 aliphatic carbocycles. The Morgan fingerprint density at radius 1 is 0.800 bits per heavy atom. The third-order valence-corrected chi connectivity index (χ3v) is 4.47. The largest absolute Gasteiger partial charge is 0.395 e. The van der Waals surface area contributed by atoms with Crippen LogP contribution in [0.15, 0.2) is 54.6 Å². The molecule has 138 valence electrons. The van der Waals surface area contributed by atoms with Crippen LogP contribution in [0.25, 0.3) is 0 Å². The molecule has 2 aromatic rings. The topological polar surface area (TPSA) is 43.7 Å². The minimum atomic E-state index is 0. The zero-order chi connectivity index (χ0) is 17.4. The number of hydrogen-bond donors (Lipinski definition) is 2. The SMILES string of the molecule is CC(C)c1ccc(C(Cc2ccccc2)N(CCO)CCO)cc1.Cl. The van der Waals surface area contributed by atoms with E-state index in [2.05, 4.69) is 67.3 Å². The molecular formula is C21H30ClNO2. The van der Waals surface area contributed by atoms with E-state index in [9.17, 15) is 10.2 Å². The number of nitrogens with zero attached hydrogens (tertiary/aromatic N) is 1. The van der Waals surface area contributed by atoms with Crippen molar-refractivity contribution in [3.05, 3.63) is 71.3 Å². The van der Waals surface area contributed by atoms with E-state index in [1.54, 1.807) is 0 Å². The molecule has 2 N–H and O–H groups in total. The molecule has 0 heterocycles. The summed E-state index contributed by atoms with van der Waals surface area (Å²) < 4.78 is 0. The first kappa shape index (κ1) is 21.7. The average Bonchev–Trinajstić information content (AvgIpc) is 2.60. The van der Waals surface area contributed by atoms with Gasteiger partial charge in [0, 0.05) is 19.1 Å². The van der Waals surface area contributed by atoms with Crippen molar-refractivity contribution in [1.29, 1.82) is 0 Å². The molecule has 1 unspecified atom stereocenters. The summed E-state index contributed by atoms with van der Waals surface area (Å²) in [6.07, 6.45) is 0.863. The van der Waals surface area contributed by atoms with Crippen LogP contribution < -0.4 is 0 Å². The number of aliphatic hydroxyl groups is 2. The summed E-state index contributed by atoms with van der Waals surface area (Å²) in [6, 6.07) is 19.3. The first-order valence-electron chi connectivity index (χ1n) is 8.75. The zero-order valence-electron chi connectivity index (χ0n) is 15.1. The van der Waals surface area contributed by atoms with Crippen molar-refractivity contribution in [2.24, 2.45) is 0 Å². The molecule has 1 atom stereocenters. The van der Waals surface area contributed by atoms with Crippen LogP contribution in [-0.2, 0) is 6.42 Å². The van der Waals surface area contributed by atoms with Crippen molar-refractivity contribution < 1.29 is 10.2 Å². The quantitative estimate of drug-likeness (QED) is 0.712. The summed E-state index contributed by atoms with van der Waals surface area (Å²) in [4.78, 5) is 2.16. The summed E-state index contributed by atoms with van der Waals surface area (Å²) in [6.45, 7) is 5.69. The van der Waals surface area contributed by atoms with Gasteiger partial charge in [-0.1, -0.05) is 68.4 Å². The fourth-order valence-electron chi connectivity index (χ4n) is 3.08. The predicted molar refractivity (Wildman–Crippen MR) is 106 cm³/mol. The highest BCUT2D eigenvalue weighted by Crippen LogP contribution is 2.26. The fraction of sp³-hybridized carbons (Fsp3) is 0.429. The lowest BCUT2D eigenvalue weighted by molar-refractivity contribution is 0.121. The number of benzene rings is 2. The molecule has 2 rings (SSSR count). The van der Waals surface area contributed by atoms with Crippen LogP contribution >= 0.6 is 12.4 Å². The molecule has 3 nitrogen and oxygen atoms in total. The van der Waals surface area contributed by atoms with Crippen molar-refractivity contribution in [2.45, 2.75) is 32.2 Å². The predicted octanol–water partition coefficient (Wildman–Crippen LogP) is 3.80. The monoisotopic (exact) mass is 363 g/mol. The summed E-state index contributed by atoms with van der Waals surface area (Å²) in [7, 11) is 0. The summed E-state index contributed by atoms with van der Waals surface area (Å²) in [5.41, 5.74) is 3.81. The third kappa shape index (κ3) is 6.44. The molecule has 2 aromatic carbocycles. The lowest BCUT2D eigenvalue weighted by Crippen LogP contribution is -2.35. The van der Waals surface area contributed by atoms with Gasteiger partial charge < -0.3 is 10.2 Å². The molecule has 0 bridgehead atoms. The van der Waals surface area contributed by atoms with Gasteiger partial charge in [0.05, 0.1) is 13.2 Å². The van der Waals surface area contributed by atoms with Crippen molar-refractivity contribution >= 4 is 12.4 Å². The highest BCUT2D eigenvalue weighted by Gasteiger charge is 2.20. The Hall–Kier alpha value is -1.39. The minimum Gasteiger partial charge on any atom is -0.395 e. The molecule has 0 aliphatic rings. The summed E-state index contributed by atoms with van der Waals surface area (Å²) >= 11 is 0. The highest BCUT2D eigenvalue weighted by atomic mass is 35.5. The van der Waals surface area contributed by atoms with Gasteiger partial charge in [-0.15, -0.1) is 12.4 Å². The molecule has 0 spiro atoms. The van der Waals surface area contributed by atoms with Gasteiger partial charge in [0.2, 0.25) is 0 Å². The van der Waals surface area contributed by atoms with Crippen LogP contribution in [0.4, 0.5) is 0 Å². The Balaban J connectivity index is 0.00000312. The Morgan fingerprint density at radius 2 is 1.32 bits per heavy atom. The van der Waals surface area contributed by atoms with E-state index in [-0.39, 0.29) is 31.7 Å². The van der Waals surface area contributed by atoms with Gasteiger partial charge >= 0.3 is 0 Å². The van der Waals surface area contributed by atoms with Crippen LogP contribution in [0.2, 0.25) is 0 Å². The molecule has 0 aromatic heterocycles. The Labute approximate surface area is 157 Å². The molecule has 0 radical (unpaired) electrons. The normalized spacial score (nSPS) is 12.2. The zero-order valence-corrected chi connectivity index (χ0v) is 16.0. The van der Waals surface area contributed by atoms with E-state index in [0.29, 0.717) is 19.0 Å². The van der Waals surface area contributed by atoms with Crippen LogP contribution in [-0.4, -0.2) is 41.4 Å². The molecule has 0 aliphatic heterocycles. The van der Waals surface area contributed by atoms with Crippen molar-refractivity contribution in [3.8, 4) is 0 Å². The minimum absolute atomic E-state index is 0. The lowest BCUT2D eigenvalue weighted by Gasteiger charge is -2.31. The van der Waals surface area contributed by atoms with Crippen molar-refractivity contribution in [3.63, 3.8) is 0 Å². The molecular weight excluding hydrogens is 334 g/mol. The number of hydrogen-bond acceptors (Lipinski definition) is 3. The van der Waals surface area contributed by atoms with Crippen LogP contribution in [0, 0.1) is 0 Å². The van der Waals surface area contributed by atoms with Crippen molar-refractivity contribution in [1.82, 2.24) is 4.90 Å². The molecule has 0 saturated carbocycles. The van der Waals surface area contributed by atoms with E-state index in [1.807, 2.05) is 6.07 Å². The van der Waals surface area contributed by atoms with Crippen LogP contribution in [0.1, 0.15) is 42.5 Å². The average molecular weight is 364 g/mol. The van der Waals surface area contributed by atoms with E-state index >= 15 is 0 Å². The van der Waals surface area contributed by atoms with Gasteiger partial charge in [-0.3, -0.25) is 4.90 Å². The van der Waals surface area contributed by atoms with Crippen molar-refractivity contribution in [2.75, 3.05) is 26.3 Å².